The van der Waals surface area contributed by atoms with Gasteiger partial charge in [-0.05, 0) is 37.1 Å². The summed E-state index contributed by atoms with van der Waals surface area (Å²) >= 11 is 1.73. The van der Waals surface area contributed by atoms with Crippen molar-refractivity contribution in [2.24, 2.45) is 5.73 Å². The summed E-state index contributed by atoms with van der Waals surface area (Å²) in [6.45, 7) is 2.77. The Kier molecular flexibility index (Phi) is 4.88. The molecule has 3 heteroatoms. The topological polar surface area (TPSA) is 43.1 Å². The summed E-state index contributed by atoms with van der Waals surface area (Å²) in [5, 5.41) is 0. The van der Waals surface area contributed by atoms with E-state index in [1.807, 2.05) is 24.3 Å². The van der Waals surface area contributed by atoms with E-state index in [0.29, 0.717) is 13.0 Å². The molecule has 0 saturated heterocycles. The Morgan fingerprint density at radius 3 is 2.37 bits per heavy atom. The number of ketones is 1. The van der Waals surface area contributed by atoms with Gasteiger partial charge in [-0.25, -0.2) is 0 Å². The van der Waals surface area contributed by atoms with Gasteiger partial charge in [0.15, 0.2) is 5.78 Å². The van der Waals surface area contributed by atoms with Crippen LogP contribution in [0.2, 0.25) is 0 Å². The van der Waals surface area contributed by atoms with E-state index in [1.165, 1.54) is 10.4 Å². The first-order valence-corrected chi connectivity index (χ1v) is 7.44. The van der Waals surface area contributed by atoms with E-state index in [-0.39, 0.29) is 5.78 Å². The molecule has 0 aliphatic rings. The molecule has 0 amide bonds. The number of carbonyl (C=O) groups is 1. The fourth-order valence-corrected chi connectivity index (χ4v) is 2.95. The smallest absolute Gasteiger partial charge is 0.168 e. The van der Waals surface area contributed by atoms with Crippen LogP contribution in [0.4, 0.5) is 0 Å². The normalized spacial score (nSPS) is 10.6. The first-order valence-electron chi connectivity index (χ1n) is 6.62. The van der Waals surface area contributed by atoms with Crippen LogP contribution in [0.1, 0.15) is 32.6 Å². The van der Waals surface area contributed by atoms with Crippen molar-refractivity contribution in [3.63, 3.8) is 0 Å². The van der Waals surface area contributed by atoms with Gasteiger partial charge in [0.25, 0.3) is 0 Å². The van der Waals surface area contributed by atoms with Gasteiger partial charge in [0.05, 0.1) is 0 Å². The number of Topliss-reactive ketones (excluding diaryl/α,β-unsaturated/α-hetero) is 1. The van der Waals surface area contributed by atoms with Gasteiger partial charge in [-0.3, -0.25) is 4.79 Å². The average molecular weight is 273 g/mol. The lowest BCUT2D eigenvalue weighted by molar-refractivity contribution is 0.0994. The number of carbonyl (C=O) groups excluding carboxylic acids is 1. The maximum Gasteiger partial charge on any atom is 0.168 e. The molecule has 0 bridgehead atoms. The molecule has 1 heterocycles. The number of thiophene rings is 1. The van der Waals surface area contributed by atoms with Crippen molar-refractivity contribution < 1.29 is 4.79 Å². The molecular weight excluding hydrogens is 254 g/mol. The first-order chi connectivity index (χ1) is 9.22. The fourth-order valence-electron chi connectivity index (χ4n) is 1.99. The molecule has 0 fully saturated rings. The van der Waals surface area contributed by atoms with Gasteiger partial charge in [-0.15, -0.1) is 11.3 Å². The molecule has 0 radical (unpaired) electrons. The van der Waals surface area contributed by atoms with Gasteiger partial charge in [0.2, 0.25) is 0 Å². The SMILES string of the molecule is CCc1ccc(CC(=O)c2ccc(CCN)cc2)s1. The van der Waals surface area contributed by atoms with Gasteiger partial charge in [-0.2, -0.15) is 0 Å². The highest BCUT2D eigenvalue weighted by molar-refractivity contribution is 7.12. The number of hydrogen-bond donors (Lipinski definition) is 1. The molecule has 0 spiro atoms. The molecule has 0 unspecified atom stereocenters. The molecule has 2 rings (SSSR count). The molecular formula is C16H19NOS. The molecule has 2 N–H and O–H groups in total. The van der Waals surface area contributed by atoms with Crippen LogP contribution in [-0.2, 0) is 19.3 Å². The molecule has 0 aliphatic heterocycles. The number of nitrogens with two attached hydrogens (primary N) is 1. The lowest BCUT2D eigenvalue weighted by Crippen LogP contribution is -2.04. The summed E-state index contributed by atoms with van der Waals surface area (Å²) in [7, 11) is 0. The van der Waals surface area contributed by atoms with Crippen LogP contribution in [0, 0.1) is 0 Å². The zero-order valence-corrected chi connectivity index (χ0v) is 12.0. The van der Waals surface area contributed by atoms with Crippen LogP contribution >= 0.6 is 11.3 Å². The van der Waals surface area contributed by atoms with E-state index in [1.54, 1.807) is 11.3 Å². The predicted octanol–water partition coefficient (Wildman–Crippen LogP) is 3.24. The fraction of sp³-hybridized carbons (Fsp3) is 0.312. The number of aryl methyl sites for hydroxylation is 1. The van der Waals surface area contributed by atoms with Crippen molar-refractivity contribution in [3.8, 4) is 0 Å². The Hall–Kier alpha value is -1.45. The van der Waals surface area contributed by atoms with E-state index in [9.17, 15) is 4.79 Å². The van der Waals surface area contributed by atoms with E-state index in [4.69, 9.17) is 5.73 Å². The van der Waals surface area contributed by atoms with Crippen molar-refractivity contribution in [2.75, 3.05) is 6.54 Å². The van der Waals surface area contributed by atoms with Crippen molar-refractivity contribution in [3.05, 3.63) is 57.3 Å². The second kappa shape index (κ2) is 6.64. The second-order valence-electron chi connectivity index (χ2n) is 4.56. The van der Waals surface area contributed by atoms with Gasteiger partial charge >= 0.3 is 0 Å². The standard InChI is InChI=1S/C16H19NOS/c1-2-14-7-8-15(19-14)11-16(18)13-5-3-12(4-6-13)9-10-17/h3-8H,2,9-11,17H2,1H3. The van der Waals surface area contributed by atoms with E-state index >= 15 is 0 Å². The molecule has 100 valence electrons. The molecule has 2 nitrogen and oxygen atoms in total. The highest BCUT2D eigenvalue weighted by Gasteiger charge is 2.08. The molecule has 1 aromatic heterocycles. The monoisotopic (exact) mass is 273 g/mol. The van der Waals surface area contributed by atoms with Crippen LogP contribution in [0.5, 0.6) is 0 Å². The van der Waals surface area contributed by atoms with Gasteiger partial charge in [0, 0.05) is 21.7 Å². The Labute approximate surface area is 118 Å². The summed E-state index contributed by atoms with van der Waals surface area (Å²) in [6, 6.07) is 12.0. The number of rotatable bonds is 6. The number of benzene rings is 1. The van der Waals surface area contributed by atoms with Gasteiger partial charge in [-0.1, -0.05) is 31.2 Å². The predicted molar refractivity (Wildman–Crippen MR) is 80.9 cm³/mol. The maximum atomic E-state index is 12.2. The molecule has 0 atom stereocenters. The third-order valence-electron chi connectivity index (χ3n) is 3.11. The molecule has 0 saturated carbocycles. The third-order valence-corrected chi connectivity index (χ3v) is 4.34. The lowest BCUT2D eigenvalue weighted by atomic mass is 10.0. The minimum Gasteiger partial charge on any atom is -0.330 e. The van der Waals surface area contributed by atoms with E-state index in [2.05, 4.69) is 19.1 Å². The van der Waals surface area contributed by atoms with Crippen molar-refractivity contribution in [1.29, 1.82) is 0 Å². The summed E-state index contributed by atoms with van der Waals surface area (Å²) in [4.78, 5) is 14.6. The van der Waals surface area contributed by atoms with Crippen LogP contribution in [0.3, 0.4) is 0 Å². The third kappa shape index (κ3) is 3.75. The molecule has 0 aliphatic carbocycles. The average Bonchev–Trinajstić information content (AvgIpc) is 2.87. The van der Waals surface area contributed by atoms with Crippen molar-refractivity contribution >= 4 is 17.1 Å². The highest BCUT2D eigenvalue weighted by atomic mass is 32.1. The Bertz CT molecular complexity index is 542. The summed E-state index contributed by atoms with van der Waals surface area (Å²) in [5.74, 6) is 0.184. The van der Waals surface area contributed by atoms with Crippen LogP contribution in [0.15, 0.2) is 36.4 Å². The van der Waals surface area contributed by atoms with Crippen LogP contribution in [-0.4, -0.2) is 12.3 Å². The molecule has 2 aromatic rings. The highest BCUT2D eigenvalue weighted by Crippen LogP contribution is 2.19. The largest absolute Gasteiger partial charge is 0.330 e. The minimum atomic E-state index is 0.184. The summed E-state index contributed by atoms with van der Waals surface area (Å²) in [5.41, 5.74) is 7.48. The quantitative estimate of drug-likeness (QED) is 0.821. The Balaban J connectivity index is 2.02. The summed E-state index contributed by atoms with van der Waals surface area (Å²) < 4.78 is 0. The Morgan fingerprint density at radius 1 is 1.11 bits per heavy atom. The lowest BCUT2D eigenvalue weighted by Gasteiger charge is -2.02. The maximum absolute atomic E-state index is 12.2. The van der Waals surface area contributed by atoms with Crippen molar-refractivity contribution in [1.82, 2.24) is 0 Å². The van der Waals surface area contributed by atoms with E-state index < -0.39 is 0 Å². The molecule has 19 heavy (non-hydrogen) atoms. The zero-order valence-electron chi connectivity index (χ0n) is 11.2. The number of hydrogen-bond acceptors (Lipinski definition) is 3. The van der Waals surface area contributed by atoms with Crippen molar-refractivity contribution in [2.45, 2.75) is 26.2 Å². The van der Waals surface area contributed by atoms with E-state index in [0.717, 1.165) is 23.3 Å². The Morgan fingerprint density at radius 2 is 1.79 bits per heavy atom. The summed E-state index contributed by atoms with van der Waals surface area (Å²) in [6.07, 6.45) is 2.40. The van der Waals surface area contributed by atoms with Gasteiger partial charge in [0.1, 0.15) is 0 Å². The van der Waals surface area contributed by atoms with Crippen LogP contribution in [0.25, 0.3) is 0 Å². The first kappa shape index (κ1) is 14.0. The van der Waals surface area contributed by atoms with Crippen LogP contribution < -0.4 is 5.73 Å². The zero-order chi connectivity index (χ0) is 13.7. The minimum absolute atomic E-state index is 0.184. The van der Waals surface area contributed by atoms with Gasteiger partial charge < -0.3 is 5.73 Å². The molecule has 1 aromatic carbocycles. The second-order valence-corrected chi connectivity index (χ2v) is 5.81.